The van der Waals surface area contributed by atoms with Gasteiger partial charge in [0.2, 0.25) is 0 Å². The lowest BCUT2D eigenvalue weighted by atomic mass is 9.73. The molecule has 0 bridgehead atoms. The van der Waals surface area contributed by atoms with Crippen LogP contribution in [0.2, 0.25) is 0 Å². The monoisotopic (exact) mass is 280 g/mol. The second kappa shape index (κ2) is 5.71. The molecule has 1 fully saturated rings. The van der Waals surface area contributed by atoms with Crippen molar-refractivity contribution in [2.24, 2.45) is 5.92 Å². The van der Waals surface area contributed by atoms with Gasteiger partial charge in [-0.25, -0.2) is 4.98 Å². The standard InChI is InChI=1S/C15H24N2OS/c1-11-5-7-15(8-6-11,17(3)4)14(18)9-13-10-19-12(2)16-13/h10-11H,5-9H2,1-4H3. The first kappa shape index (κ1) is 14.7. The van der Waals surface area contributed by atoms with Gasteiger partial charge in [-0.15, -0.1) is 11.3 Å². The normalized spacial score (nSPS) is 27.7. The van der Waals surface area contributed by atoms with Crippen molar-refractivity contribution >= 4 is 17.1 Å². The van der Waals surface area contributed by atoms with Crippen LogP contribution in [0.4, 0.5) is 0 Å². The maximum absolute atomic E-state index is 12.8. The number of aryl methyl sites for hydroxylation is 1. The van der Waals surface area contributed by atoms with Gasteiger partial charge >= 0.3 is 0 Å². The molecule has 1 saturated carbocycles. The molecule has 0 N–H and O–H groups in total. The van der Waals surface area contributed by atoms with E-state index in [4.69, 9.17) is 0 Å². The van der Waals surface area contributed by atoms with Gasteiger partial charge in [-0.05, 0) is 52.6 Å². The third kappa shape index (κ3) is 3.06. The Labute approximate surface area is 120 Å². The Hall–Kier alpha value is -0.740. The molecule has 3 nitrogen and oxygen atoms in total. The summed E-state index contributed by atoms with van der Waals surface area (Å²) in [5.41, 5.74) is 0.677. The van der Waals surface area contributed by atoms with Gasteiger partial charge in [0.05, 0.1) is 22.7 Å². The minimum atomic E-state index is -0.260. The zero-order valence-corrected chi connectivity index (χ0v) is 13.2. The third-order valence-electron chi connectivity index (χ3n) is 4.48. The van der Waals surface area contributed by atoms with E-state index in [9.17, 15) is 4.79 Å². The Morgan fingerprint density at radius 1 is 1.47 bits per heavy atom. The number of rotatable bonds is 4. The smallest absolute Gasteiger partial charge is 0.159 e. The van der Waals surface area contributed by atoms with E-state index in [1.165, 1.54) is 0 Å². The highest BCUT2D eigenvalue weighted by Gasteiger charge is 2.42. The van der Waals surface area contributed by atoms with E-state index in [0.29, 0.717) is 12.2 Å². The van der Waals surface area contributed by atoms with Gasteiger partial charge in [0.15, 0.2) is 5.78 Å². The van der Waals surface area contributed by atoms with Crippen molar-refractivity contribution in [3.63, 3.8) is 0 Å². The molecular weight excluding hydrogens is 256 g/mol. The van der Waals surface area contributed by atoms with E-state index in [1.54, 1.807) is 11.3 Å². The number of hydrogen-bond acceptors (Lipinski definition) is 4. The van der Waals surface area contributed by atoms with Crippen LogP contribution >= 0.6 is 11.3 Å². The van der Waals surface area contributed by atoms with Crippen LogP contribution in [0.5, 0.6) is 0 Å². The van der Waals surface area contributed by atoms with Crippen molar-refractivity contribution in [1.29, 1.82) is 0 Å². The van der Waals surface area contributed by atoms with E-state index in [2.05, 4.69) is 16.8 Å². The number of thiazole rings is 1. The van der Waals surface area contributed by atoms with Gasteiger partial charge in [0, 0.05) is 5.38 Å². The van der Waals surface area contributed by atoms with Crippen molar-refractivity contribution in [2.45, 2.75) is 51.5 Å². The number of hydrogen-bond donors (Lipinski definition) is 0. The zero-order chi connectivity index (χ0) is 14.0. The predicted octanol–water partition coefficient (Wildman–Crippen LogP) is 3.07. The van der Waals surface area contributed by atoms with Gasteiger partial charge in [0.1, 0.15) is 0 Å². The fourth-order valence-corrected chi connectivity index (χ4v) is 3.65. The van der Waals surface area contributed by atoms with Crippen molar-refractivity contribution in [3.05, 3.63) is 16.1 Å². The molecule has 1 aromatic rings. The third-order valence-corrected chi connectivity index (χ3v) is 5.31. The summed E-state index contributed by atoms with van der Waals surface area (Å²) in [5, 5.41) is 3.06. The number of carbonyl (C=O) groups excluding carboxylic acids is 1. The minimum absolute atomic E-state index is 0.260. The summed E-state index contributed by atoms with van der Waals surface area (Å²) in [4.78, 5) is 19.3. The van der Waals surface area contributed by atoms with Crippen molar-refractivity contribution in [2.75, 3.05) is 14.1 Å². The highest BCUT2D eigenvalue weighted by atomic mass is 32.1. The topological polar surface area (TPSA) is 33.2 Å². The summed E-state index contributed by atoms with van der Waals surface area (Å²) in [6.07, 6.45) is 4.77. The summed E-state index contributed by atoms with van der Waals surface area (Å²) in [7, 11) is 4.08. The first-order valence-electron chi connectivity index (χ1n) is 7.06. The molecule has 1 heterocycles. The maximum Gasteiger partial charge on any atom is 0.159 e. The van der Waals surface area contributed by atoms with Crippen LogP contribution in [0.3, 0.4) is 0 Å². The highest BCUT2D eigenvalue weighted by molar-refractivity contribution is 7.09. The lowest BCUT2D eigenvalue weighted by Crippen LogP contribution is -2.53. The molecule has 4 heteroatoms. The molecule has 19 heavy (non-hydrogen) atoms. The number of Topliss-reactive ketones (excluding diaryl/α,β-unsaturated/α-hetero) is 1. The van der Waals surface area contributed by atoms with Gasteiger partial charge in [0.25, 0.3) is 0 Å². The predicted molar refractivity (Wildman–Crippen MR) is 79.6 cm³/mol. The Morgan fingerprint density at radius 2 is 2.11 bits per heavy atom. The molecule has 0 spiro atoms. The first-order valence-corrected chi connectivity index (χ1v) is 7.94. The lowest BCUT2D eigenvalue weighted by Gasteiger charge is -2.43. The van der Waals surface area contributed by atoms with E-state index in [0.717, 1.165) is 42.3 Å². The quantitative estimate of drug-likeness (QED) is 0.850. The molecule has 0 unspecified atom stereocenters. The van der Waals surface area contributed by atoms with Gasteiger partial charge < -0.3 is 0 Å². The molecule has 106 valence electrons. The second-order valence-electron chi connectivity index (χ2n) is 6.07. The highest BCUT2D eigenvalue weighted by Crippen LogP contribution is 2.36. The van der Waals surface area contributed by atoms with Crippen LogP contribution in [0.15, 0.2) is 5.38 Å². The summed E-state index contributed by atoms with van der Waals surface area (Å²) >= 11 is 1.62. The van der Waals surface area contributed by atoms with Gasteiger partial charge in [-0.2, -0.15) is 0 Å². The van der Waals surface area contributed by atoms with E-state index in [-0.39, 0.29) is 5.54 Å². The summed E-state index contributed by atoms with van der Waals surface area (Å²) in [5.74, 6) is 1.09. The van der Waals surface area contributed by atoms with Crippen molar-refractivity contribution < 1.29 is 4.79 Å². The van der Waals surface area contributed by atoms with Crippen LogP contribution in [0.25, 0.3) is 0 Å². The molecule has 1 aliphatic carbocycles. The number of likely N-dealkylation sites (N-methyl/N-ethyl adjacent to an activating group) is 1. The van der Waals surface area contributed by atoms with Crippen molar-refractivity contribution in [3.8, 4) is 0 Å². The zero-order valence-electron chi connectivity index (χ0n) is 12.4. The summed E-state index contributed by atoms with van der Waals surface area (Å²) in [6.45, 7) is 4.27. The molecule has 2 rings (SSSR count). The fourth-order valence-electron chi connectivity index (χ4n) is 3.03. The van der Waals surface area contributed by atoms with Gasteiger partial charge in [-0.3, -0.25) is 9.69 Å². The molecule has 1 aliphatic rings. The summed E-state index contributed by atoms with van der Waals surface area (Å²) in [6, 6.07) is 0. The molecule has 1 aromatic heterocycles. The Balaban J connectivity index is 2.13. The molecule has 0 aliphatic heterocycles. The maximum atomic E-state index is 12.8. The fraction of sp³-hybridized carbons (Fsp3) is 0.733. The second-order valence-corrected chi connectivity index (χ2v) is 7.13. The van der Waals surface area contributed by atoms with Crippen LogP contribution in [-0.2, 0) is 11.2 Å². The molecular formula is C15H24N2OS. The largest absolute Gasteiger partial charge is 0.297 e. The molecule has 0 radical (unpaired) electrons. The average molecular weight is 280 g/mol. The Morgan fingerprint density at radius 3 is 2.58 bits per heavy atom. The average Bonchev–Trinajstić information content (AvgIpc) is 2.75. The van der Waals surface area contributed by atoms with Crippen LogP contribution in [-0.4, -0.2) is 35.3 Å². The van der Waals surface area contributed by atoms with E-state index >= 15 is 0 Å². The minimum Gasteiger partial charge on any atom is -0.297 e. The molecule has 0 aromatic carbocycles. The Bertz CT molecular complexity index is 445. The summed E-state index contributed by atoms with van der Waals surface area (Å²) < 4.78 is 0. The Kier molecular flexibility index (Phi) is 4.41. The lowest BCUT2D eigenvalue weighted by molar-refractivity contribution is -0.131. The number of carbonyl (C=O) groups is 1. The van der Waals surface area contributed by atoms with Crippen molar-refractivity contribution in [1.82, 2.24) is 9.88 Å². The number of aromatic nitrogens is 1. The van der Waals surface area contributed by atoms with E-state index in [1.807, 2.05) is 26.4 Å². The first-order chi connectivity index (χ1) is 8.94. The van der Waals surface area contributed by atoms with Crippen LogP contribution in [0, 0.1) is 12.8 Å². The molecule has 0 amide bonds. The van der Waals surface area contributed by atoms with Gasteiger partial charge in [-0.1, -0.05) is 6.92 Å². The number of nitrogens with zero attached hydrogens (tertiary/aromatic N) is 2. The molecule has 0 saturated heterocycles. The van der Waals surface area contributed by atoms with Crippen LogP contribution in [0.1, 0.15) is 43.3 Å². The van der Waals surface area contributed by atoms with E-state index < -0.39 is 0 Å². The molecule has 0 atom stereocenters. The SMILES string of the molecule is Cc1nc(CC(=O)C2(N(C)C)CCC(C)CC2)cs1. The number of ketones is 1. The van der Waals surface area contributed by atoms with Crippen LogP contribution < -0.4 is 0 Å².